The van der Waals surface area contributed by atoms with Crippen molar-refractivity contribution < 1.29 is 4.79 Å². The molecular formula is C28H34O. The molecule has 1 aliphatic carbocycles. The number of hydrogen-bond donors (Lipinski definition) is 0. The molecule has 1 aliphatic rings. The average molecular weight is 387 g/mol. The van der Waals surface area contributed by atoms with Gasteiger partial charge >= 0.3 is 0 Å². The van der Waals surface area contributed by atoms with Gasteiger partial charge in [0.05, 0.1) is 0 Å². The first-order valence-corrected chi connectivity index (χ1v) is 10.9. The molecule has 0 aromatic heterocycles. The molecule has 1 saturated carbocycles. The van der Waals surface area contributed by atoms with Crippen molar-refractivity contribution in [2.45, 2.75) is 80.1 Å². The largest absolute Gasteiger partial charge is 0.303 e. The monoisotopic (exact) mass is 386 g/mol. The predicted molar refractivity (Wildman–Crippen MR) is 123 cm³/mol. The van der Waals surface area contributed by atoms with Crippen LogP contribution in [0.15, 0.2) is 12.1 Å². The standard InChI is InChI=1S/C28H34O/c1-17-14-18(2)26(21(5)20(17)4)12-13-27-19(3)15-28(23(7)22(27)6)25-10-8-24(16-29)9-11-25/h14-16,24-25H,8-11H2,1-7H3. The van der Waals surface area contributed by atoms with Gasteiger partial charge in [0, 0.05) is 17.0 Å². The average Bonchev–Trinajstić information content (AvgIpc) is 2.71. The molecular weight excluding hydrogens is 352 g/mol. The number of hydrogen-bond acceptors (Lipinski definition) is 1. The summed E-state index contributed by atoms with van der Waals surface area (Å²) < 4.78 is 0. The number of rotatable bonds is 2. The second-order valence-electron chi connectivity index (χ2n) is 9.04. The first-order chi connectivity index (χ1) is 13.7. The molecule has 0 aliphatic heterocycles. The molecule has 29 heavy (non-hydrogen) atoms. The Bertz CT molecular complexity index is 1010. The van der Waals surface area contributed by atoms with Gasteiger partial charge in [0.1, 0.15) is 6.29 Å². The minimum atomic E-state index is 0.267. The van der Waals surface area contributed by atoms with E-state index >= 15 is 0 Å². The fraction of sp³-hybridized carbons (Fsp3) is 0.464. The minimum absolute atomic E-state index is 0.267. The second-order valence-corrected chi connectivity index (χ2v) is 9.04. The van der Waals surface area contributed by atoms with Crippen LogP contribution in [0.1, 0.15) is 87.2 Å². The van der Waals surface area contributed by atoms with Gasteiger partial charge in [-0.3, -0.25) is 0 Å². The van der Waals surface area contributed by atoms with Crippen LogP contribution in [0.5, 0.6) is 0 Å². The summed E-state index contributed by atoms with van der Waals surface area (Å²) in [4.78, 5) is 11.1. The zero-order chi connectivity index (χ0) is 21.3. The number of aryl methyl sites for hydroxylation is 3. The number of aldehydes is 1. The third-order valence-corrected chi connectivity index (χ3v) is 7.21. The van der Waals surface area contributed by atoms with E-state index < -0.39 is 0 Å². The Labute approximate surface area is 176 Å². The molecule has 0 bridgehead atoms. The van der Waals surface area contributed by atoms with Gasteiger partial charge < -0.3 is 4.79 Å². The first-order valence-electron chi connectivity index (χ1n) is 10.9. The number of carbonyl (C=O) groups excluding carboxylic acids is 1. The minimum Gasteiger partial charge on any atom is -0.303 e. The molecule has 0 atom stereocenters. The zero-order valence-corrected chi connectivity index (χ0v) is 19.1. The molecule has 0 N–H and O–H groups in total. The number of benzene rings is 2. The third-order valence-electron chi connectivity index (χ3n) is 7.21. The van der Waals surface area contributed by atoms with Crippen molar-refractivity contribution in [1.29, 1.82) is 0 Å². The van der Waals surface area contributed by atoms with Crippen LogP contribution < -0.4 is 0 Å². The molecule has 0 spiro atoms. The van der Waals surface area contributed by atoms with Gasteiger partial charge in [0.2, 0.25) is 0 Å². The summed E-state index contributed by atoms with van der Waals surface area (Å²) in [6, 6.07) is 4.61. The van der Waals surface area contributed by atoms with E-state index in [4.69, 9.17) is 0 Å². The van der Waals surface area contributed by atoms with Gasteiger partial charge in [-0.2, -0.15) is 0 Å². The molecule has 2 aromatic carbocycles. The number of carbonyl (C=O) groups is 1. The van der Waals surface area contributed by atoms with Crippen molar-refractivity contribution in [3.05, 3.63) is 67.8 Å². The molecule has 1 nitrogen and oxygen atoms in total. The van der Waals surface area contributed by atoms with E-state index in [-0.39, 0.29) is 5.92 Å². The van der Waals surface area contributed by atoms with Gasteiger partial charge in [0.15, 0.2) is 0 Å². The highest BCUT2D eigenvalue weighted by Crippen LogP contribution is 2.38. The molecule has 0 amide bonds. The van der Waals surface area contributed by atoms with Crippen LogP contribution in [0.4, 0.5) is 0 Å². The van der Waals surface area contributed by atoms with E-state index in [0.29, 0.717) is 5.92 Å². The summed E-state index contributed by atoms with van der Waals surface area (Å²) >= 11 is 0. The Hall–Kier alpha value is -2.33. The Morgan fingerprint density at radius 2 is 1.21 bits per heavy atom. The maximum Gasteiger partial charge on any atom is 0.123 e. The maximum absolute atomic E-state index is 11.1. The molecule has 0 unspecified atom stereocenters. The Morgan fingerprint density at radius 3 is 1.76 bits per heavy atom. The van der Waals surface area contributed by atoms with Crippen molar-refractivity contribution in [1.82, 2.24) is 0 Å². The van der Waals surface area contributed by atoms with Crippen LogP contribution in [-0.2, 0) is 4.79 Å². The van der Waals surface area contributed by atoms with E-state index in [2.05, 4.69) is 72.4 Å². The summed E-state index contributed by atoms with van der Waals surface area (Å²) in [6.07, 6.45) is 5.44. The highest BCUT2D eigenvalue weighted by molar-refractivity contribution is 5.59. The van der Waals surface area contributed by atoms with E-state index in [1.807, 2.05) is 0 Å². The van der Waals surface area contributed by atoms with Crippen LogP contribution in [-0.4, -0.2) is 6.29 Å². The van der Waals surface area contributed by atoms with Crippen molar-refractivity contribution >= 4 is 6.29 Å². The summed E-state index contributed by atoms with van der Waals surface area (Å²) in [6.45, 7) is 15.4. The topological polar surface area (TPSA) is 17.1 Å². The molecule has 0 heterocycles. The van der Waals surface area contributed by atoms with Crippen molar-refractivity contribution in [3.63, 3.8) is 0 Å². The molecule has 0 radical (unpaired) electrons. The third kappa shape index (κ3) is 4.18. The molecule has 0 saturated heterocycles. The van der Waals surface area contributed by atoms with E-state index in [1.165, 1.54) is 55.6 Å². The Kier molecular flexibility index (Phi) is 6.33. The van der Waals surface area contributed by atoms with Gasteiger partial charge in [-0.25, -0.2) is 0 Å². The lowest BCUT2D eigenvalue weighted by Crippen LogP contribution is -2.15. The second kappa shape index (κ2) is 8.58. The van der Waals surface area contributed by atoms with Crippen molar-refractivity contribution in [2.24, 2.45) is 5.92 Å². The van der Waals surface area contributed by atoms with Crippen LogP contribution in [0, 0.1) is 66.2 Å². The van der Waals surface area contributed by atoms with Gasteiger partial charge in [0.25, 0.3) is 0 Å². The highest BCUT2D eigenvalue weighted by Gasteiger charge is 2.24. The van der Waals surface area contributed by atoms with E-state index in [0.717, 1.165) is 32.0 Å². The molecule has 2 aromatic rings. The summed E-state index contributed by atoms with van der Waals surface area (Å²) in [5.74, 6) is 7.86. The smallest absolute Gasteiger partial charge is 0.123 e. The summed E-state index contributed by atoms with van der Waals surface area (Å²) in [5, 5.41) is 0. The van der Waals surface area contributed by atoms with Gasteiger partial charge in [-0.1, -0.05) is 24.0 Å². The zero-order valence-electron chi connectivity index (χ0n) is 19.1. The summed E-state index contributed by atoms with van der Waals surface area (Å²) in [7, 11) is 0. The van der Waals surface area contributed by atoms with Crippen LogP contribution in [0.3, 0.4) is 0 Å². The summed E-state index contributed by atoms with van der Waals surface area (Å²) in [5.41, 5.74) is 13.0. The van der Waals surface area contributed by atoms with Crippen molar-refractivity contribution in [2.75, 3.05) is 0 Å². The molecule has 3 rings (SSSR count). The van der Waals surface area contributed by atoms with E-state index in [1.54, 1.807) is 0 Å². The fourth-order valence-electron chi connectivity index (χ4n) is 4.90. The molecule has 1 heteroatoms. The lowest BCUT2D eigenvalue weighted by Gasteiger charge is -2.28. The quantitative estimate of drug-likeness (QED) is 0.414. The van der Waals surface area contributed by atoms with Gasteiger partial charge in [-0.05, 0) is 125 Å². The molecule has 152 valence electrons. The van der Waals surface area contributed by atoms with Crippen LogP contribution >= 0.6 is 0 Å². The lowest BCUT2D eigenvalue weighted by atomic mass is 9.76. The normalized spacial score (nSPS) is 18.9. The predicted octanol–water partition coefficient (Wildman–Crippen LogP) is 6.72. The first kappa shape index (κ1) is 21.4. The van der Waals surface area contributed by atoms with Crippen molar-refractivity contribution in [3.8, 4) is 11.8 Å². The lowest BCUT2D eigenvalue weighted by molar-refractivity contribution is -0.111. The highest BCUT2D eigenvalue weighted by atomic mass is 16.1. The molecule has 1 fully saturated rings. The maximum atomic E-state index is 11.1. The van der Waals surface area contributed by atoms with Crippen LogP contribution in [0.25, 0.3) is 0 Å². The fourth-order valence-corrected chi connectivity index (χ4v) is 4.90. The Balaban J connectivity index is 1.98. The van der Waals surface area contributed by atoms with Crippen LogP contribution in [0.2, 0.25) is 0 Å². The van der Waals surface area contributed by atoms with Gasteiger partial charge in [-0.15, -0.1) is 0 Å². The van der Waals surface area contributed by atoms with E-state index in [9.17, 15) is 4.79 Å². The Morgan fingerprint density at radius 1 is 0.690 bits per heavy atom. The SMILES string of the molecule is Cc1cc(C)c(C#Cc2c(C)cc(C3CCC(C=O)CC3)c(C)c2C)c(C)c1C.